The van der Waals surface area contributed by atoms with E-state index in [4.69, 9.17) is 0 Å². The van der Waals surface area contributed by atoms with Crippen molar-refractivity contribution in [2.24, 2.45) is 11.3 Å². The smallest absolute Gasteiger partial charge is 0.305 e. The molecular weight excluding hydrogens is 571 g/mol. The van der Waals surface area contributed by atoms with Crippen molar-refractivity contribution >= 4 is 11.9 Å². The van der Waals surface area contributed by atoms with E-state index >= 15 is 4.39 Å². The minimum atomic E-state index is -1.18. The number of amides is 1. The highest BCUT2D eigenvalue weighted by Gasteiger charge is 2.34. The van der Waals surface area contributed by atoms with Gasteiger partial charge in [0.05, 0.1) is 18.2 Å². The maximum absolute atomic E-state index is 15.8. The summed E-state index contributed by atoms with van der Waals surface area (Å²) in [6.45, 7) is 18.4. The van der Waals surface area contributed by atoms with Gasteiger partial charge in [-0.05, 0) is 91.5 Å². The molecule has 8 nitrogen and oxygen atoms in total. The molecule has 1 amide bonds. The quantitative estimate of drug-likeness (QED) is 0.255. The van der Waals surface area contributed by atoms with Gasteiger partial charge in [0.1, 0.15) is 11.9 Å². The largest absolute Gasteiger partial charge is 0.481 e. The molecule has 2 unspecified atom stereocenters. The van der Waals surface area contributed by atoms with Crippen LogP contribution in [0, 0.1) is 44.8 Å². The zero-order chi connectivity index (χ0) is 33.2. The van der Waals surface area contributed by atoms with Crippen LogP contribution in [0.3, 0.4) is 0 Å². The summed E-state index contributed by atoms with van der Waals surface area (Å²) < 4.78 is 17.0. The molecule has 2 N–H and O–H groups in total. The number of likely N-dealkylation sites (tertiary alicyclic amines) is 1. The van der Waals surface area contributed by atoms with Gasteiger partial charge in [0.2, 0.25) is 5.91 Å². The lowest BCUT2D eigenvalue weighted by molar-refractivity contribution is -0.138. The molecule has 1 aliphatic heterocycles. The summed E-state index contributed by atoms with van der Waals surface area (Å²) in [5.41, 5.74) is 5.24. The van der Waals surface area contributed by atoms with E-state index in [1.165, 1.54) is 4.68 Å². The Bertz CT molecular complexity index is 1620. The van der Waals surface area contributed by atoms with Gasteiger partial charge in [-0.1, -0.05) is 45.9 Å². The molecule has 45 heavy (non-hydrogen) atoms. The van der Waals surface area contributed by atoms with Crippen molar-refractivity contribution in [3.63, 3.8) is 0 Å². The van der Waals surface area contributed by atoms with E-state index in [-0.39, 0.29) is 17.0 Å². The highest BCUT2D eigenvalue weighted by molar-refractivity contribution is 5.82. The first kappa shape index (κ1) is 34.0. The summed E-state index contributed by atoms with van der Waals surface area (Å²) >= 11 is 0. The van der Waals surface area contributed by atoms with Crippen LogP contribution in [0.25, 0.3) is 11.1 Å². The Morgan fingerprint density at radius 1 is 1.02 bits per heavy atom. The predicted molar refractivity (Wildman–Crippen MR) is 175 cm³/mol. The van der Waals surface area contributed by atoms with E-state index in [1.54, 1.807) is 32.0 Å². The summed E-state index contributed by atoms with van der Waals surface area (Å²) in [5, 5.41) is 17.3. The summed E-state index contributed by atoms with van der Waals surface area (Å²) in [5.74, 6) is -2.30. The van der Waals surface area contributed by atoms with E-state index in [1.807, 2.05) is 45.9 Å². The first-order valence-electron chi connectivity index (χ1n) is 15.8. The third-order valence-corrected chi connectivity index (χ3v) is 8.57. The van der Waals surface area contributed by atoms with Crippen molar-refractivity contribution in [2.45, 2.75) is 86.7 Å². The molecule has 242 valence electrons. The summed E-state index contributed by atoms with van der Waals surface area (Å²) in [6, 6.07) is 8.88. The number of carboxylic acid groups (broad SMARTS) is 1. The molecule has 2 aromatic carbocycles. The van der Waals surface area contributed by atoms with Gasteiger partial charge >= 0.3 is 5.97 Å². The van der Waals surface area contributed by atoms with Crippen LogP contribution < -0.4 is 10.9 Å². The lowest BCUT2D eigenvalue weighted by atomic mass is 9.84. The number of hydrogen-bond acceptors (Lipinski definition) is 5. The molecule has 4 rings (SSSR count). The Labute approximate surface area is 265 Å². The predicted octanol–water partition coefficient (Wildman–Crippen LogP) is 6.09. The normalized spacial score (nSPS) is 15.9. The lowest BCUT2D eigenvalue weighted by Gasteiger charge is -2.46. The molecule has 0 bridgehead atoms. The fourth-order valence-electron chi connectivity index (χ4n) is 6.54. The van der Waals surface area contributed by atoms with Gasteiger partial charge in [-0.3, -0.25) is 14.4 Å². The first-order valence-corrected chi connectivity index (χ1v) is 15.8. The fourth-order valence-corrected chi connectivity index (χ4v) is 6.54. The van der Waals surface area contributed by atoms with Crippen LogP contribution in [0.1, 0.15) is 86.1 Å². The van der Waals surface area contributed by atoms with Gasteiger partial charge < -0.3 is 15.3 Å². The number of rotatable bonds is 12. The molecule has 0 radical (unpaired) electrons. The third kappa shape index (κ3) is 8.06. The summed E-state index contributed by atoms with van der Waals surface area (Å²) in [4.78, 5) is 41.8. The fraction of sp³-hybridized carbons (Fsp3) is 0.500. The number of aryl methyl sites for hydroxylation is 4. The number of nitrogens with zero attached hydrogens (tertiary/aromatic N) is 3. The highest BCUT2D eigenvalue weighted by Crippen LogP contribution is 2.34. The van der Waals surface area contributed by atoms with Crippen molar-refractivity contribution in [1.29, 1.82) is 0 Å². The summed E-state index contributed by atoms with van der Waals surface area (Å²) in [7, 11) is 0. The Kier molecular flexibility index (Phi) is 10.3. The molecule has 2 heterocycles. The second-order valence-corrected chi connectivity index (χ2v) is 14.0. The Balaban J connectivity index is 1.70. The van der Waals surface area contributed by atoms with Gasteiger partial charge in [0.15, 0.2) is 0 Å². The average Bonchev–Trinajstić information content (AvgIpc) is 2.92. The third-order valence-electron chi connectivity index (χ3n) is 8.57. The number of aromatic nitrogens is 2. The lowest BCUT2D eigenvalue weighted by Crippen LogP contribution is -2.53. The van der Waals surface area contributed by atoms with Gasteiger partial charge in [0.25, 0.3) is 5.56 Å². The van der Waals surface area contributed by atoms with Crippen molar-refractivity contribution in [1.82, 2.24) is 20.0 Å². The molecule has 1 aromatic heterocycles. The van der Waals surface area contributed by atoms with Crippen molar-refractivity contribution in [3.8, 4) is 11.1 Å². The van der Waals surface area contributed by atoms with Crippen molar-refractivity contribution < 1.29 is 19.1 Å². The first-order chi connectivity index (χ1) is 21.1. The van der Waals surface area contributed by atoms with Crippen molar-refractivity contribution in [3.05, 3.63) is 86.1 Å². The second-order valence-electron chi connectivity index (χ2n) is 14.0. The molecule has 2 atom stereocenters. The maximum atomic E-state index is 15.8. The number of halogens is 1. The molecule has 3 aromatic rings. The monoisotopic (exact) mass is 618 g/mol. The zero-order valence-electron chi connectivity index (χ0n) is 27.8. The van der Waals surface area contributed by atoms with E-state index in [2.05, 4.69) is 29.2 Å². The standard InChI is InChI=1S/C36H47FN4O4/c1-21(2)14-30(41-35(45)25(6)16-27(39-41)12-13-40-19-36(7,8)20-40)34(44)38-29(18-31(42)43)28-17-26(15-24(5)33(28)37)32-22(3)10-9-11-23(32)4/h9-11,15-17,21,29-30H,12-14,18-20H2,1-8H3,(H,38,44)(H,42,43). The van der Waals surface area contributed by atoms with Crippen LogP contribution in [-0.4, -0.2) is 51.3 Å². The van der Waals surface area contributed by atoms with E-state index in [9.17, 15) is 19.5 Å². The SMILES string of the molecule is Cc1cc(-c2c(C)cccc2C)cc(C(CC(=O)O)NC(=O)C(CC(C)C)n2nc(CCN3CC(C)(C)C3)cc(C)c2=O)c1F. The maximum Gasteiger partial charge on any atom is 0.305 e. The van der Waals surface area contributed by atoms with Gasteiger partial charge in [0, 0.05) is 37.2 Å². The Morgan fingerprint density at radius 3 is 2.24 bits per heavy atom. The van der Waals surface area contributed by atoms with Crippen LogP contribution in [-0.2, 0) is 16.0 Å². The minimum Gasteiger partial charge on any atom is -0.481 e. The van der Waals surface area contributed by atoms with E-state index < -0.39 is 36.2 Å². The topological polar surface area (TPSA) is 105 Å². The van der Waals surface area contributed by atoms with Crippen LogP contribution in [0.15, 0.2) is 41.2 Å². The van der Waals surface area contributed by atoms with Gasteiger partial charge in [-0.25, -0.2) is 9.07 Å². The Morgan fingerprint density at radius 2 is 1.67 bits per heavy atom. The van der Waals surface area contributed by atoms with Crippen LogP contribution in [0.5, 0.6) is 0 Å². The van der Waals surface area contributed by atoms with Gasteiger partial charge in [-0.2, -0.15) is 5.10 Å². The molecule has 1 fully saturated rings. The number of benzene rings is 2. The van der Waals surface area contributed by atoms with Crippen molar-refractivity contribution in [2.75, 3.05) is 19.6 Å². The molecule has 1 aliphatic rings. The van der Waals surface area contributed by atoms with Crippen LogP contribution in [0.2, 0.25) is 0 Å². The second kappa shape index (κ2) is 13.6. The van der Waals surface area contributed by atoms with E-state index in [0.717, 1.165) is 41.9 Å². The molecule has 9 heteroatoms. The number of carboxylic acids is 1. The highest BCUT2D eigenvalue weighted by atomic mass is 19.1. The number of carbonyl (C=O) groups excluding carboxylic acids is 1. The number of nitrogens with one attached hydrogen (secondary N) is 1. The number of carbonyl (C=O) groups is 2. The summed E-state index contributed by atoms with van der Waals surface area (Å²) in [6.07, 6.45) is 0.399. The minimum absolute atomic E-state index is 0.0194. The van der Waals surface area contributed by atoms with Crippen LogP contribution in [0.4, 0.5) is 4.39 Å². The zero-order valence-corrected chi connectivity index (χ0v) is 27.8. The number of aliphatic carboxylic acids is 1. The van der Waals surface area contributed by atoms with Crippen LogP contribution >= 0.6 is 0 Å². The molecule has 0 aliphatic carbocycles. The van der Waals surface area contributed by atoms with Gasteiger partial charge in [-0.15, -0.1) is 0 Å². The molecule has 1 saturated heterocycles. The molecular formula is C36H47FN4O4. The molecule has 0 spiro atoms. The average molecular weight is 619 g/mol. The number of hydrogen-bond donors (Lipinski definition) is 2. The van der Waals surface area contributed by atoms with E-state index in [0.29, 0.717) is 35.1 Å². The molecule has 0 saturated carbocycles. The Hall–Kier alpha value is -3.85.